The Hall–Kier alpha value is -1.88. The first kappa shape index (κ1) is 13.5. The average Bonchev–Trinajstić information content (AvgIpc) is 2.87. The quantitative estimate of drug-likeness (QED) is 0.870. The van der Waals surface area contributed by atoms with Gasteiger partial charge in [0.1, 0.15) is 5.82 Å². The minimum atomic E-state index is -0.619. The van der Waals surface area contributed by atoms with Gasteiger partial charge in [-0.05, 0) is 42.1 Å². The van der Waals surface area contributed by atoms with E-state index in [0.717, 1.165) is 10.4 Å². The Balaban J connectivity index is 2.28. The molecule has 1 unspecified atom stereocenters. The number of benzene rings is 1. The molecule has 2 aromatic rings. The number of nitrogens with one attached hydrogen (secondary N) is 1. The second-order valence-electron chi connectivity index (χ2n) is 4.13. The van der Waals surface area contributed by atoms with Crippen molar-refractivity contribution in [3.63, 3.8) is 0 Å². The summed E-state index contributed by atoms with van der Waals surface area (Å²) in [5.74, 6) is -0.735. The third-order valence-corrected chi connectivity index (χ3v) is 3.55. The molecule has 0 radical (unpaired) electrons. The molecule has 1 N–H and O–H groups in total. The first-order valence-corrected chi connectivity index (χ1v) is 6.63. The number of halogens is 1. The molecule has 0 aliphatic heterocycles. The van der Waals surface area contributed by atoms with Gasteiger partial charge >= 0.3 is 5.97 Å². The predicted octanol–water partition coefficient (Wildman–Crippen LogP) is 3.52. The monoisotopic (exact) mass is 279 g/mol. The van der Waals surface area contributed by atoms with E-state index in [1.54, 1.807) is 13.0 Å². The minimum absolute atomic E-state index is 0.336. The van der Waals surface area contributed by atoms with Gasteiger partial charge in [0, 0.05) is 10.6 Å². The number of aryl methyl sites for hydroxylation is 1. The van der Waals surface area contributed by atoms with Gasteiger partial charge in [-0.2, -0.15) is 0 Å². The van der Waals surface area contributed by atoms with Gasteiger partial charge in [-0.15, -0.1) is 11.3 Å². The molecule has 100 valence electrons. The molecule has 0 aliphatic carbocycles. The number of thiophene rings is 1. The Morgan fingerprint density at radius 2 is 2.21 bits per heavy atom. The van der Waals surface area contributed by atoms with Crippen LogP contribution in [0.4, 0.5) is 10.1 Å². The molecule has 1 atom stereocenters. The molecule has 2 rings (SSSR count). The molecular formula is C14H14FNO2S. The third kappa shape index (κ3) is 3.32. The van der Waals surface area contributed by atoms with Gasteiger partial charge in [-0.25, -0.2) is 9.18 Å². The minimum Gasteiger partial charge on any atom is -0.467 e. The predicted molar refractivity (Wildman–Crippen MR) is 73.8 cm³/mol. The third-order valence-electron chi connectivity index (χ3n) is 2.62. The number of methoxy groups -OCH3 is 1. The molecule has 0 fully saturated rings. The molecule has 5 heteroatoms. The van der Waals surface area contributed by atoms with Crippen molar-refractivity contribution < 1.29 is 13.9 Å². The van der Waals surface area contributed by atoms with Crippen molar-refractivity contribution in [1.82, 2.24) is 0 Å². The van der Waals surface area contributed by atoms with Gasteiger partial charge in [-0.1, -0.05) is 6.07 Å². The number of hydrogen-bond donors (Lipinski definition) is 1. The van der Waals surface area contributed by atoms with Crippen LogP contribution in [-0.2, 0) is 9.53 Å². The van der Waals surface area contributed by atoms with Crippen LogP contribution in [0.3, 0.4) is 0 Å². The van der Waals surface area contributed by atoms with Crippen LogP contribution in [0, 0.1) is 12.7 Å². The summed E-state index contributed by atoms with van der Waals surface area (Å²) in [5, 5.41) is 4.89. The number of esters is 1. The fourth-order valence-corrected chi connectivity index (χ4v) is 2.57. The van der Waals surface area contributed by atoms with Crippen LogP contribution < -0.4 is 5.32 Å². The highest BCUT2D eigenvalue weighted by Crippen LogP contribution is 2.25. The van der Waals surface area contributed by atoms with Gasteiger partial charge in [0.25, 0.3) is 0 Å². The lowest BCUT2D eigenvalue weighted by Crippen LogP contribution is -2.21. The Bertz CT molecular complexity index is 549. The van der Waals surface area contributed by atoms with Gasteiger partial charge in [0.05, 0.1) is 7.11 Å². The second kappa shape index (κ2) is 5.84. The van der Waals surface area contributed by atoms with E-state index in [0.29, 0.717) is 5.69 Å². The summed E-state index contributed by atoms with van der Waals surface area (Å²) in [6, 6.07) is 7.65. The van der Waals surface area contributed by atoms with Crippen molar-refractivity contribution in [2.24, 2.45) is 0 Å². The number of carbonyl (C=O) groups excluding carboxylic acids is 1. The Morgan fingerprint density at radius 3 is 2.79 bits per heavy atom. The van der Waals surface area contributed by atoms with Crippen LogP contribution in [0.5, 0.6) is 0 Å². The van der Waals surface area contributed by atoms with Gasteiger partial charge in [-0.3, -0.25) is 0 Å². The molecule has 19 heavy (non-hydrogen) atoms. The second-order valence-corrected chi connectivity index (χ2v) is 5.11. The van der Waals surface area contributed by atoms with E-state index in [2.05, 4.69) is 5.32 Å². The van der Waals surface area contributed by atoms with E-state index in [4.69, 9.17) is 4.74 Å². The summed E-state index contributed by atoms with van der Waals surface area (Å²) < 4.78 is 18.1. The van der Waals surface area contributed by atoms with E-state index in [1.165, 1.54) is 30.6 Å². The maximum Gasteiger partial charge on any atom is 0.333 e. The molecule has 0 amide bonds. The van der Waals surface area contributed by atoms with Crippen molar-refractivity contribution >= 4 is 23.0 Å². The molecule has 1 aromatic heterocycles. The van der Waals surface area contributed by atoms with Gasteiger partial charge in [0.15, 0.2) is 6.04 Å². The molecule has 0 bridgehead atoms. The highest BCUT2D eigenvalue weighted by atomic mass is 32.1. The highest BCUT2D eigenvalue weighted by Gasteiger charge is 2.22. The molecule has 1 heterocycles. The highest BCUT2D eigenvalue weighted by molar-refractivity contribution is 7.10. The largest absolute Gasteiger partial charge is 0.467 e. The van der Waals surface area contributed by atoms with Crippen molar-refractivity contribution in [3.8, 4) is 0 Å². The number of anilines is 1. The lowest BCUT2D eigenvalue weighted by atomic mass is 10.2. The fourth-order valence-electron chi connectivity index (χ4n) is 1.81. The summed E-state index contributed by atoms with van der Waals surface area (Å²) in [6.45, 7) is 1.80. The van der Waals surface area contributed by atoms with Gasteiger partial charge < -0.3 is 10.1 Å². The van der Waals surface area contributed by atoms with E-state index in [-0.39, 0.29) is 5.82 Å². The van der Waals surface area contributed by atoms with Crippen LogP contribution in [0.25, 0.3) is 0 Å². The smallest absolute Gasteiger partial charge is 0.333 e. The van der Waals surface area contributed by atoms with Crippen molar-refractivity contribution in [2.75, 3.05) is 12.4 Å². The van der Waals surface area contributed by atoms with Crippen LogP contribution in [0.2, 0.25) is 0 Å². The Labute approximate surface area is 115 Å². The zero-order valence-electron chi connectivity index (χ0n) is 10.6. The van der Waals surface area contributed by atoms with Crippen LogP contribution in [0.1, 0.15) is 16.5 Å². The number of ether oxygens (including phenoxy) is 1. The molecule has 1 aromatic carbocycles. The maximum absolute atomic E-state index is 13.4. The lowest BCUT2D eigenvalue weighted by Gasteiger charge is -2.16. The average molecular weight is 279 g/mol. The first-order chi connectivity index (χ1) is 9.10. The van der Waals surface area contributed by atoms with E-state index in [1.807, 2.05) is 17.5 Å². The number of hydrogen-bond acceptors (Lipinski definition) is 4. The summed E-state index contributed by atoms with van der Waals surface area (Å²) in [5.41, 5.74) is 1.35. The molecule has 0 spiro atoms. The SMILES string of the molecule is COC(=O)C(Nc1cc(C)cc(F)c1)c1cccs1. The van der Waals surface area contributed by atoms with Gasteiger partial charge in [0.2, 0.25) is 0 Å². The molecular weight excluding hydrogens is 265 g/mol. The maximum atomic E-state index is 13.4. The Kier molecular flexibility index (Phi) is 4.16. The van der Waals surface area contributed by atoms with Crippen molar-refractivity contribution in [2.45, 2.75) is 13.0 Å². The summed E-state index contributed by atoms with van der Waals surface area (Å²) in [4.78, 5) is 12.6. The van der Waals surface area contributed by atoms with Crippen LogP contribution >= 0.6 is 11.3 Å². The molecule has 0 saturated heterocycles. The van der Waals surface area contributed by atoms with E-state index in [9.17, 15) is 9.18 Å². The standard InChI is InChI=1S/C14H14FNO2S/c1-9-6-10(15)8-11(7-9)16-13(14(17)18-2)12-4-3-5-19-12/h3-8,13,16H,1-2H3. The molecule has 0 saturated carbocycles. The fraction of sp³-hybridized carbons (Fsp3) is 0.214. The molecule has 0 aliphatic rings. The first-order valence-electron chi connectivity index (χ1n) is 5.75. The number of carbonyl (C=O) groups is 1. The zero-order chi connectivity index (χ0) is 13.8. The topological polar surface area (TPSA) is 38.3 Å². The molecule has 3 nitrogen and oxygen atoms in total. The van der Waals surface area contributed by atoms with Crippen molar-refractivity contribution in [3.05, 3.63) is 52.0 Å². The van der Waals surface area contributed by atoms with E-state index >= 15 is 0 Å². The normalized spacial score (nSPS) is 11.9. The summed E-state index contributed by atoms with van der Waals surface area (Å²) in [6.07, 6.45) is 0. The Morgan fingerprint density at radius 1 is 1.42 bits per heavy atom. The van der Waals surface area contributed by atoms with Crippen LogP contribution in [0.15, 0.2) is 35.7 Å². The summed E-state index contributed by atoms with van der Waals surface area (Å²) >= 11 is 1.45. The summed E-state index contributed by atoms with van der Waals surface area (Å²) in [7, 11) is 1.33. The van der Waals surface area contributed by atoms with E-state index < -0.39 is 12.0 Å². The number of rotatable bonds is 4. The lowest BCUT2D eigenvalue weighted by molar-refractivity contribution is -0.141. The zero-order valence-corrected chi connectivity index (χ0v) is 11.5. The van der Waals surface area contributed by atoms with Crippen molar-refractivity contribution in [1.29, 1.82) is 0 Å². The van der Waals surface area contributed by atoms with Crippen LogP contribution in [-0.4, -0.2) is 13.1 Å².